The minimum Gasteiger partial charge on any atom is -0.382 e. The Morgan fingerprint density at radius 2 is 1.88 bits per heavy atom. The zero-order chi connectivity index (χ0) is 23.4. The monoisotopic (exact) mass is 446 g/mol. The zero-order valence-corrected chi connectivity index (χ0v) is 20.7. The molecule has 3 rings (SSSR count). The lowest BCUT2D eigenvalue weighted by Crippen LogP contribution is -2.65. The number of carbonyl (C=O) groups is 2. The molecule has 7 heteroatoms. The number of nitrogens with zero attached hydrogens (tertiary/aromatic N) is 3. The Hall–Kier alpha value is -1.89. The quantitative estimate of drug-likeness (QED) is 0.641. The van der Waals surface area contributed by atoms with Crippen molar-refractivity contribution in [3.63, 3.8) is 0 Å². The molecule has 1 atom stereocenters. The minimum atomic E-state index is -0.972. The molecular formula is C25H42N4O3. The van der Waals surface area contributed by atoms with Crippen LogP contribution in [0.5, 0.6) is 0 Å². The van der Waals surface area contributed by atoms with Crippen LogP contribution in [0, 0.1) is 0 Å². The number of hydrogen-bond donors (Lipinski definition) is 1. The Kier molecular flexibility index (Phi) is 8.01. The molecule has 0 aromatic carbocycles. The fraction of sp³-hybridized carbons (Fsp3) is 0.800. The van der Waals surface area contributed by atoms with Crippen molar-refractivity contribution in [1.82, 2.24) is 20.0 Å². The van der Waals surface area contributed by atoms with Crippen LogP contribution in [0.2, 0.25) is 0 Å². The van der Waals surface area contributed by atoms with Crippen molar-refractivity contribution in [2.45, 2.75) is 110 Å². The Labute approximate surface area is 193 Å². The molecule has 1 aromatic rings. The van der Waals surface area contributed by atoms with Gasteiger partial charge in [-0.15, -0.1) is 0 Å². The second kappa shape index (κ2) is 10.4. The lowest BCUT2D eigenvalue weighted by atomic mass is 9.91. The van der Waals surface area contributed by atoms with Crippen molar-refractivity contribution >= 4 is 11.8 Å². The molecule has 0 saturated heterocycles. The summed E-state index contributed by atoms with van der Waals surface area (Å²) in [4.78, 5) is 29.0. The summed E-state index contributed by atoms with van der Waals surface area (Å²) < 4.78 is 7.25. The SMILES string of the molecule is CCOCCCN1C(=O)c2cc(C(C)(C)C)nn2C[C@@]1(C)C(=O)NC1CCCCCCC1. The van der Waals surface area contributed by atoms with E-state index in [4.69, 9.17) is 9.84 Å². The highest BCUT2D eigenvalue weighted by Crippen LogP contribution is 2.31. The van der Waals surface area contributed by atoms with Crippen LogP contribution in [0.15, 0.2) is 6.07 Å². The minimum absolute atomic E-state index is 0.0636. The van der Waals surface area contributed by atoms with Gasteiger partial charge in [0.15, 0.2) is 0 Å². The second-order valence-corrected chi connectivity index (χ2v) is 10.6. The fourth-order valence-corrected chi connectivity index (χ4v) is 4.77. The zero-order valence-electron chi connectivity index (χ0n) is 20.7. The molecular weight excluding hydrogens is 404 g/mol. The van der Waals surface area contributed by atoms with E-state index in [2.05, 4.69) is 26.1 Å². The van der Waals surface area contributed by atoms with Gasteiger partial charge in [-0.05, 0) is 39.2 Å². The topological polar surface area (TPSA) is 76.5 Å². The maximum atomic E-state index is 13.7. The number of aromatic nitrogens is 2. The highest BCUT2D eigenvalue weighted by molar-refractivity contribution is 5.99. The van der Waals surface area contributed by atoms with E-state index in [-0.39, 0.29) is 23.3 Å². The van der Waals surface area contributed by atoms with Gasteiger partial charge in [0.25, 0.3) is 5.91 Å². The van der Waals surface area contributed by atoms with E-state index in [1.54, 1.807) is 9.58 Å². The van der Waals surface area contributed by atoms with E-state index in [0.29, 0.717) is 38.4 Å². The van der Waals surface area contributed by atoms with Gasteiger partial charge >= 0.3 is 0 Å². The Morgan fingerprint density at radius 3 is 2.50 bits per heavy atom. The van der Waals surface area contributed by atoms with E-state index in [0.717, 1.165) is 31.4 Å². The van der Waals surface area contributed by atoms with Crippen molar-refractivity contribution in [3.8, 4) is 0 Å². The molecule has 32 heavy (non-hydrogen) atoms. The second-order valence-electron chi connectivity index (χ2n) is 10.6. The fourth-order valence-electron chi connectivity index (χ4n) is 4.77. The van der Waals surface area contributed by atoms with Crippen LogP contribution < -0.4 is 5.32 Å². The molecule has 1 saturated carbocycles. The van der Waals surface area contributed by atoms with Gasteiger partial charge in [0, 0.05) is 31.2 Å². The van der Waals surface area contributed by atoms with Crippen molar-refractivity contribution in [1.29, 1.82) is 0 Å². The van der Waals surface area contributed by atoms with Gasteiger partial charge in [-0.25, -0.2) is 0 Å². The summed E-state index contributed by atoms with van der Waals surface area (Å²) in [5.74, 6) is -0.183. The molecule has 180 valence electrons. The van der Waals surface area contributed by atoms with Crippen LogP contribution in [-0.2, 0) is 21.5 Å². The highest BCUT2D eigenvalue weighted by atomic mass is 16.5. The lowest BCUT2D eigenvalue weighted by Gasteiger charge is -2.44. The molecule has 0 radical (unpaired) electrons. The smallest absolute Gasteiger partial charge is 0.273 e. The Balaban J connectivity index is 1.85. The summed E-state index contributed by atoms with van der Waals surface area (Å²) in [6.07, 6.45) is 8.79. The van der Waals surface area contributed by atoms with Crippen LogP contribution in [0.1, 0.15) is 102 Å². The number of nitrogens with one attached hydrogen (secondary N) is 1. The maximum Gasteiger partial charge on any atom is 0.273 e. The first kappa shape index (κ1) is 24.7. The Morgan fingerprint density at radius 1 is 1.22 bits per heavy atom. The summed E-state index contributed by atoms with van der Waals surface area (Å²) in [5.41, 5.74) is 0.309. The number of amides is 2. The van der Waals surface area contributed by atoms with Gasteiger partial charge in [-0.3, -0.25) is 14.3 Å². The van der Waals surface area contributed by atoms with Crippen LogP contribution in [-0.4, -0.2) is 57.8 Å². The predicted molar refractivity (Wildman–Crippen MR) is 126 cm³/mol. The van der Waals surface area contributed by atoms with E-state index < -0.39 is 5.54 Å². The molecule has 2 heterocycles. The highest BCUT2D eigenvalue weighted by Gasteiger charge is 2.48. The summed E-state index contributed by atoms with van der Waals surface area (Å²) in [6, 6.07) is 2.08. The van der Waals surface area contributed by atoms with E-state index in [9.17, 15) is 9.59 Å². The largest absolute Gasteiger partial charge is 0.382 e. The van der Waals surface area contributed by atoms with Gasteiger partial charge in [0.1, 0.15) is 11.2 Å². The third kappa shape index (κ3) is 5.53. The number of rotatable bonds is 7. The van der Waals surface area contributed by atoms with E-state index >= 15 is 0 Å². The molecule has 7 nitrogen and oxygen atoms in total. The molecule has 1 fully saturated rings. The van der Waals surface area contributed by atoms with Crippen molar-refractivity contribution in [3.05, 3.63) is 17.5 Å². The Bertz CT molecular complexity index is 790. The molecule has 2 amide bonds. The molecule has 2 aliphatic rings. The van der Waals surface area contributed by atoms with Gasteiger partial charge in [0.05, 0.1) is 12.2 Å². The van der Waals surface area contributed by atoms with Gasteiger partial charge in [0.2, 0.25) is 5.91 Å². The predicted octanol–water partition coefficient (Wildman–Crippen LogP) is 4.05. The molecule has 1 aliphatic heterocycles. The van der Waals surface area contributed by atoms with Crippen molar-refractivity contribution in [2.24, 2.45) is 0 Å². The maximum absolute atomic E-state index is 13.7. The summed E-state index contributed by atoms with van der Waals surface area (Å²) in [6.45, 7) is 12.2. The van der Waals surface area contributed by atoms with Crippen LogP contribution in [0.25, 0.3) is 0 Å². The first-order chi connectivity index (χ1) is 15.2. The average molecular weight is 447 g/mol. The standard InChI is InChI=1S/C25H42N4O3/c1-6-32-16-12-15-28-22(30)20-17-21(24(2,3)4)27-29(20)18-25(28,5)23(31)26-19-13-10-8-7-9-11-14-19/h17,19H,6-16,18H2,1-5H3,(H,26,31)/t25-/m0/s1. The number of fused-ring (bicyclic) bond motifs is 1. The summed E-state index contributed by atoms with van der Waals surface area (Å²) in [5, 5.41) is 8.04. The third-order valence-corrected chi connectivity index (χ3v) is 6.87. The van der Waals surface area contributed by atoms with Crippen LogP contribution >= 0.6 is 0 Å². The average Bonchev–Trinajstić information content (AvgIpc) is 3.13. The molecule has 1 aliphatic carbocycles. The van der Waals surface area contributed by atoms with E-state index in [1.807, 2.05) is 19.9 Å². The molecule has 1 N–H and O–H groups in total. The first-order valence-corrected chi connectivity index (χ1v) is 12.5. The van der Waals surface area contributed by atoms with Gasteiger partial charge in [-0.2, -0.15) is 5.10 Å². The summed E-state index contributed by atoms with van der Waals surface area (Å²) in [7, 11) is 0. The van der Waals surface area contributed by atoms with Crippen LogP contribution in [0.4, 0.5) is 0 Å². The summed E-state index contributed by atoms with van der Waals surface area (Å²) >= 11 is 0. The molecule has 0 bridgehead atoms. The van der Waals surface area contributed by atoms with E-state index in [1.165, 1.54) is 19.3 Å². The van der Waals surface area contributed by atoms with Crippen molar-refractivity contribution < 1.29 is 14.3 Å². The number of ether oxygens (including phenoxy) is 1. The van der Waals surface area contributed by atoms with Crippen molar-refractivity contribution in [2.75, 3.05) is 19.8 Å². The lowest BCUT2D eigenvalue weighted by molar-refractivity contribution is -0.134. The third-order valence-electron chi connectivity index (χ3n) is 6.87. The number of carbonyl (C=O) groups excluding carboxylic acids is 2. The molecule has 0 unspecified atom stereocenters. The van der Waals surface area contributed by atoms with Crippen LogP contribution in [0.3, 0.4) is 0 Å². The molecule has 1 aromatic heterocycles. The normalized spacial score (nSPS) is 22.9. The number of hydrogen-bond acceptors (Lipinski definition) is 4. The van der Waals surface area contributed by atoms with Gasteiger partial charge < -0.3 is 15.0 Å². The van der Waals surface area contributed by atoms with Gasteiger partial charge in [-0.1, -0.05) is 52.9 Å². The molecule has 0 spiro atoms. The first-order valence-electron chi connectivity index (χ1n) is 12.5.